The van der Waals surface area contributed by atoms with Gasteiger partial charge < -0.3 is 10.1 Å². The lowest BCUT2D eigenvalue weighted by molar-refractivity contribution is 0.102. The molecule has 3 rings (SSSR count). The van der Waals surface area contributed by atoms with Gasteiger partial charge in [-0.2, -0.15) is 4.31 Å². The van der Waals surface area contributed by atoms with E-state index in [2.05, 4.69) is 21.2 Å². The van der Waals surface area contributed by atoms with Crippen LogP contribution in [0.3, 0.4) is 0 Å². The van der Waals surface area contributed by atoms with Crippen molar-refractivity contribution in [2.75, 3.05) is 19.5 Å². The number of carbonyl (C=O) groups excluding carboxylic acids is 1. The zero-order valence-electron chi connectivity index (χ0n) is 17.4. The molecule has 0 aliphatic heterocycles. The summed E-state index contributed by atoms with van der Waals surface area (Å²) in [5.41, 5.74) is 2.63. The molecule has 0 bridgehead atoms. The molecule has 0 spiro atoms. The Morgan fingerprint density at radius 1 is 1.03 bits per heavy atom. The first-order chi connectivity index (χ1) is 14.7. The first-order valence-corrected chi connectivity index (χ1v) is 11.7. The number of ether oxygens (including phenoxy) is 1. The Bertz CT molecular complexity index is 1180. The van der Waals surface area contributed by atoms with Crippen molar-refractivity contribution in [3.8, 4) is 5.75 Å². The molecular weight excluding hydrogens is 480 g/mol. The highest BCUT2D eigenvalue weighted by Gasteiger charge is 2.22. The van der Waals surface area contributed by atoms with E-state index in [4.69, 9.17) is 4.74 Å². The lowest BCUT2D eigenvalue weighted by Crippen LogP contribution is -2.27. The van der Waals surface area contributed by atoms with Crippen LogP contribution in [0.15, 0.2) is 76.1 Å². The molecular formula is C23H23BrN2O4S. The van der Waals surface area contributed by atoms with Crippen molar-refractivity contribution in [1.29, 1.82) is 0 Å². The summed E-state index contributed by atoms with van der Waals surface area (Å²) in [6.07, 6.45) is 0. The first kappa shape index (κ1) is 23.0. The molecule has 31 heavy (non-hydrogen) atoms. The predicted octanol–water partition coefficient (Wildman–Crippen LogP) is 4.84. The molecule has 0 aliphatic carbocycles. The van der Waals surface area contributed by atoms with Crippen molar-refractivity contribution >= 4 is 37.5 Å². The second-order valence-corrected chi connectivity index (χ2v) is 10.0. The number of amides is 1. The third-order valence-corrected chi connectivity index (χ3v) is 7.11. The summed E-state index contributed by atoms with van der Waals surface area (Å²) in [6, 6.07) is 18.9. The van der Waals surface area contributed by atoms with Crippen molar-refractivity contribution in [3.63, 3.8) is 0 Å². The summed E-state index contributed by atoms with van der Waals surface area (Å²) < 4.78 is 33.4. The van der Waals surface area contributed by atoms with Gasteiger partial charge in [-0.3, -0.25) is 4.79 Å². The van der Waals surface area contributed by atoms with Crippen LogP contribution in [0.25, 0.3) is 0 Å². The van der Waals surface area contributed by atoms with E-state index in [9.17, 15) is 13.2 Å². The number of benzene rings is 3. The third-order valence-electron chi connectivity index (χ3n) is 4.77. The van der Waals surface area contributed by atoms with Gasteiger partial charge in [-0.15, -0.1) is 0 Å². The van der Waals surface area contributed by atoms with Crippen molar-refractivity contribution in [1.82, 2.24) is 4.31 Å². The summed E-state index contributed by atoms with van der Waals surface area (Å²) in [4.78, 5) is 12.9. The van der Waals surface area contributed by atoms with Gasteiger partial charge in [0.1, 0.15) is 5.75 Å². The highest BCUT2D eigenvalue weighted by Crippen LogP contribution is 2.25. The molecule has 0 aliphatic rings. The molecule has 3 aromatic carbocycles. The fraction of sp³-hybridized carbons (Fsp3) is 0.174. The fourth-order valence-electron chi connectivity index (χ4n) is 2.99. The molecule has 0 aromatic heterocycles. The molecule has 0 radical (unpaired) electrons. The van der Waals surface area contributed by atoms with Gasteiger partial charge >= 0.3 is 0 Å². The van der Waals surface area contributed by atoms with Gasteiger partial charge in [0.25, 0.3) is 5.91 Å². The van der Waals surface area contributed by atoms with Crippen LogP contribution in [-0.4, -0.2) is 32.8 Å². The minimum absolute atomic E-state index is 0.0544. The molecule has 0 atom stereocenters. The topological polar surface area (TPSA) is 75.7 Å². The van der Waals surface area contributed by atoms with Crippen LogP contribution in [0, 0.1) is 6.92 Å². The lowest BCUT2D eigenvalue weighted by atomic mass is 10.1. The van der Waals surface area contributed by atoms with Crippen LogP contribution in [0.4, 0.5) is 5.69 Å². The number of methoxy groups -OCH3 is 1. The largest absolute Gasteiger partial charge is 0.496 e. The van der Waals surface area contributed by atoms with Gasteiger partial charge in [0.15, 0.2) is 0 Å². The minimum Gasteiger partial charge on any atom is -0.496 e. The minimum atomic E-state index is -3.69. The summed E-state index contributed by atoms with van der Waals surface area (Å²) in [6.45, 7) is 1.95. The maximum atomic E-state index is 12.9. The number of nitrogens with zero attached hydrogens (tertiary/aromatic N) is 1. The van der Waals surface area contributed by atoms with Crippen LogP contribution in [0.5, 0.6) is 5.75 Å². The Labute approximate surface area is 191 Å². The number of aryl methyl sites for hydroxylation is 1. The average molecular weight is 503 g/mol. The molecule has 0 saturated carbocycles. The lowest BCUT2D eigenvalue weighted by Gasteiger charge is -2.19. The molecule has 3 aromatic rings. The SMILES string of the molecule is COc1ccc(C(=O)Nc2ccc(Br)cc2)cc1CN(C)S(=O)(=O)c1ccc(C)cc1. The Kier molecular flexibility index (Phi) is 7.15. The zero-order valence-corrected chi connectivity index (χ0v) is 19.8. The number of rotatable bonds is 7. The van der Waals surface area contributed by atoms with E-state index in [0.29, 0.717) is 22.6 Å². The van der Waals surface area contributed by atoms with Gasteiger partial charge in [-0.1, -0.05) is 33.6 Å². The molecule has 1 amide bonds. The summed E-state index contributed by atoms with van der Waals surface area (Å²) in [5.74, 6) is 0.210. The average Bonchev–Trinajstić information content (AvgIpc) is 2.75. The van der Waals surface area contributed by atoms with E-state index in [0.717, 1.165) is 10.0 Å². The van der Waals surface area contributed by atoms with Gasteiger partial charge in [-0.25, -0.2) is 8.42 Å². The number of nitrogens with one attached hydrogen (secondary N) is 1. The number of halogens is 1. The molecule has 1 N–H and O–H groups in total. The quantitative estimate of drug-likeness (QED) is 0.501. The van der Waals surface area contributed by atoms with Crippen LogP contribution in [0.1, 0.15) is 21.5 Å². The molecule has 0 unspecified atom stereocenters. The number of carbonyl (C=O) groups is 1. The van der Waals surface area contributed by atoms with Crippen LogP contribution >= 0.6 is 15.9 Å². The fourth-order valence-corrected chi connectivity index (χ4v) is 4.41. The van der Waals surface area contributed by atoms with Crippen LogP contribution < -0.4 is 10.1 Å². The number of sulfonamides is 1. The van der Waals surface area contributed by atoms with E-state index in [-0.39, 0.29) is 17.3 Å². The van der Waals surface area contributed by atoms with Crippen molar-refractivity contribution in [3.05, 3.63) is 87.9 Å². The van der Waals surface area contributed by atoms with E-state index in [1.165, 1.54) is 18.5 Å². The normalized spacial score (nSPS) is 11.4. The van der Waals surface area contributed by atoms with Crippen molar-refractivity contribution in [2.24, 2.45) is 0 Å². The summed E-state index contributed by atoms with van der Waals surface area (Å²) in [7, 11) is -0.680. The zero-order chi connectivity index (χ0) is 22.6. The summed E-state index contributed by atoms with van der Waals surface area (Å²) >= 11 is 3.36. The molecule has 6 nitrogen and oxygen atoms in total. The third kappa shape index (κ3) is 5.52. The first-order valence-electron chi connectivity index (χ1n) is 9.47. The molecule has 0 heterocycles. The molecule has 162 valence electrons. The highest BCUT2D eigenvalue weighted by atomic mass is 79.9. The Balaban J connectivity index is 1.83. The van der Waals surface area contributed by atoms with E-state index < -0.39 is 10.0 Å². The molecule has 8 heteroatoms. The number of hydrogen-bond donors (Lipinski definition) is 1. The maximum Gasteiger partial charge on any atom is 0.255 e. The van der Waals surface area contributed by atoms with E-state index in [1.54, 1.807) is 54.6 Å². The van der Waals surface area contributed by atoms with Gasteiger partial charge in [0.2, 0.25) is 10.0 Å². The van der Waals surface area contributed by atoms with Crippen LogP contribution in [0.2, 0.25) is 0 Å². The Morgan fingerprint density at radius 3 is 2.29 bits per heavy atom. The molecule has 0 fully saturated rings. The highest BCUT2D eigenvalue weighted by molar-refractivity contribution is 9.10. The maximum absolute atomic E-state index is 12.9. The molecule has 0 saturated heterocycles. The monoisotopic (exact) mass is 502 g/mol. The Hall–Kier alpha value is -2.68. The van der Waals surface area contributed by atoms with Crippen molar-refractivity contribution in [2.45, 2.75) is 18.4 Å². The Morgan fingerprint density at radius 2 is 1.68 bits per heavy atom. The number of hydrogen-bond acceptors (Lipinski definition) is 4. The predicted molar refractivity (Wildman–Crippen MR) is 125 cm³/mol. The van der Waals surface area contributed by atoms with Gasteiger partial charge in [0.05, 0.1) is 12.0 Å². The smallest absolute Gasteiger partial charge is 0.255 e. The standard InChI is InChI=1S/C23H23BrN2O4S/c1-16-4-11-21(12-5-16)31(28,29)26(2)15-18-14-17(6-13-22(18)30-3)23(27)25-20-9-7-19(24)8-10-20/h4-14H,15H2,1-3H3,(H,25,27). The second-order valence-electron chi connectivity index (χ2n) is 7.06. The summed E-state index contributed by atoms with van der Waals surface area (Å²) in [5, 5.41) is 2.83. The van der Waals surface area contributed by atoms with Crippen LogP contribution in [-0.2, 0) is 16.6 Å². The number of anilines is 1. The van der Waals surface area contributed by atoms with Gasteiger partial charge in [-0.05, 0) is 61.5 Å². The van der Waals surface area contributed by atoms with E-state index in [1.807, 2.05) is 19.1 Å². The van der Waals surface area contributed by atoms with Gasteiger partial charge in [0, 0.05) is 34.9 Å². The van der Waals surface area contributed by atoms with E-state index >= 15 is 0 Å². The van der Waals surface area contributed by atoms with Crippen molar-refractivity contribution < 1.29 is 17.9 Å². The second kappa shape index (κ2) is 9.64.